The number of phosphoric ester groups is 4. The number of hydrogen-bond donors (Lipinski definition) is 11. The second-order valence-corrected chi connectivity index (χ2v) is 27.4. The van der Waals surface area contributed by atoms with Gasteiger partial charge in [-0.15, -0.1) is 0 Å². The molecule has 0 saturated carbocycles. The quantitative estimate of drug-likeness (QED) is 0.0240. The first kappa shape index (κ1) is 69.9. The molecule has 0 radical (unpaired) electrons. The minimum atomic E-state index is -5.56. The average molecular weight is 1470 g/mol. The third kappa shape index (κ3) is 17.2. The molecule has 510 valence electrons. The topological polar surface area (TPSA) is 590 Å². The van der Waals surface area contributed by atoms with Crippen LogP contribution in [0.15, 0.2) is 103 Å². The van der Waals surface area contributed by atoms with E-state index < -0.39 is 226 Å². The minimum Gasteiger partial charge on any atom is -0.394 e. The maximum absolute atomic E-state index is 14.0. The number of nitrogens with one attached hydrogen (secondary N) is 4. The van der Waals surface area contributed by atoms with Crippen molar-refractivity contribution in [3.8, 4) is 0 Å². The second-order valence-electron chi connectivity index (χ2n) is 20.9. The van der Waals surface area contributed by atoms with Crippen molar-refractivity contribution in [2.24, 2.45) is 0 Å². The fraction of sp³-hybridized carbons (Fsp3) is 0.556. The number of ether oxygens (including phenoxy) is 5. The molecule has 5 fully saturated rings. The summed E-state index contributed by atoms with van der Waals surface area (Å²) in [6.45, 7) is -4.91. The number of H-pyrrole nitrogens is 4. The average Bonchev–Trinajstić information content (AvgIpc) is 1.80. The molecule has 0 bridgehead atoms. The fourth-order valence-electron chi connectivity index (χ4n) is 10.3. The van der Waals surface area contributed by atoms with Gasteiger partial charge in [0.25, 0.3) is 22.2 Å². The first-order valence-corrected chi connectivity index (χ1v) is 34.1. The van der Waals surface area contributed by atoms with E-state index >= 15 is 0 Å². The molecule has 4 unspecified atom stereocenters. The summed E-state index contributed by atoms with van der Waals surface area (Å²) in [5.41, 5.74) is -2.66. The van der Waals surface area contributed by atoms with Crippen LogP contribution in [0.2, 0.25) is 0 Å². The minimum absolute atomic E-state index is 0.0968. The Morgan fingerprint density at radius 3 is 1.18 bits per heavy atom. The van der Waals surface area contributed by atoms with Crippen LogP contribution in [0.4, 0.5) is 5.82 Å². The van der Waals surface area contributed by atoms with Crippen LogP contribution in [-0.2, 0) is 78.1 Å². The maximum Gasteiger partial charge on any atom is 0.472 e. The molecule has 5 aromatic rings. The molecule has 0 amide bonds. The lowest BCUT2D eigenvalue weighted by molar-refractivity contribution is -0.0651. The van der Waals surface area contributed by atoms with Crippen LogP contribution in [0.5, 0.6) is 0 Å². The number of aromatic nitrogens is 10. The van der Waals surface area contributed by atoms with Crippen molar-refractivity contribution in [2.75, 3.05) is 38.8 Å². The summed E-state index contributed by atoms with van der Waals surface area (Å²) in [4.78, 5) is 167. The number of hydrogen-bond acceptors (Lipinski definition) is 30. The largest absolute Gasteiger partial charge is 0.472 e. The van der Waals surface area contributed by atoms with Crippen molar-refractivity contribution in [3.63, 3.8) is 0 Å². The Balaban J connectivity index is 0.824. The first-order chi connectivity index (χ1) is 43.8. The number of nitrogen functional groups attached to an aromatic ring is 1. The smallest absolute Gasteiger partial charge is 0.394 e. The van der Waals surface area contributed by atoms with Crippen molar-refractivity contribution >= 4 is 53.0 Å². The van der Waals surface area contributed by atoms with Gasteiger partial charge in [0, 0.05) is 81.3 Å². The Kier molecular flexibility index (Phi) is 21.3. The Morgan fingerprint density at radius 2 is 0.806 bits per heavy atom. The van der Waals surface area contributed by atoms with Crippen LogP contribution in [0.1, 0.15) is 63.2 Å². The highest BCUT2D eigenvalue weighted by Crippen LogP contribution is 2.55. The van der Waals surface area contributed by atoms with E-state index in [0.29, 0.717) is 0 Å². The molecule has 0 spiro atoms. The van der Waals surface area contributed by atoms with Gasteiger partial charge in [0.2, 0.25) is 0 Å². The summed E-state index contributed by atoms with van der Waals surface area (Å²) in [6.07, 6.45) is -19.7. The summed E-state index contributed by atoms with van der Waals surface area (Å²) in [6, 6.07) is 4.13. The van der Waals surface area contributed by atoms with Crippen LogP contribution in [-0.4, -0.2) is 172 Å². The van der Waals surface area contributed by atoms with Gasteiger partial charge in [-0.25, -0.2) is 42.2 Å². The standard InChI is InChI=1S/C45H56BrN11O32P4/c46-20-14-57(45(68)52-40(20)63)39-13-25(89-93(75,76)79-18-29-23(11-37(84-29)55-7-3-33(61)50-43(55)66)87-90(69,70)77-16-27-21(59)9-35(82-27)53-5-1-31(47)48-41(53)64)30(85-39)19-80-92(73,74)88-24-12-38(56-8-4-34(62)51-44(56)67)83-28(24)17-78-91(71,72)86-22-10-36(81-26(22)15-58)54-6-2-32(60)49-42(54)65/h1-8,14,21-30,35-39,58-59H,9-13,15-19H2,(H,69,70)(H,71,72)(H,73,74)(H,75,76)(H2,47,48,64)(H,49,60,65)(H,50,61,66)(H,51,62,67)(H,52,63,68)/t21-,22-,23-,24-,25-,26+,27+,28+,29+,30+,35+,36+,37+,38+,39+/m0/s1. The van der Waals surface area contributed by atoms with E-state index in [-0.39, 0.29) is 23.1 Å². The molecule has 43 nitrogen and oxygen atoms in total. The number of aliphatic hydroxyl groups excluding tert-OH is 2. The predicted molar refractivity (Wildman–Crippen MR) is 304 cm³/mol. The molecule has 19 atom stereocenters. The van der Waals surface area contributed by atoms with Gasteiger partial charge in [-0.2, -0.15) is 4.98 Å². The Hall–Kier alpha value is -5.96. The summed E-state index contributed by atoms with van der Waals surface area (Å²) in [5.74, 6) is -0.0968. The SMILES string of the molecule is Nc1ccn([C@H]2C[C@H](O)[C@@H](COP(=O)(O)O[C@H]3C[C@H](n4ccc(=O)[nH]c4=O)O[C@@H]3COP(=O)(O)O[C@H]3C[C@H](n4cc(Br)c(=O)[nH]c4=O)O[C@@H]3COP(=O)(O)O[C@H]3C[C@H](n4ccc(=O)[nH]c4=O)O[C@@H]3COP(=O)(O)O[C@H]3C[C@H](n4ccc(=O)[nH]c4=O)O[C@@H]3CO)O2)c(=O)n1. The second kappa shape index (κ2) is 28.4. The Morgan fingerprint density at radius 1 is 0.484 bits per heavy atom. The lowest BCUT2D eigenvalue weighted by atomic mass is 10.2. The van der Waals surface area contributed by atoms with Gasteiger partial charge < -0.3 is 59.2 Å². The monoisotopic (exact) mass is 1470 g/mol. The predicted octanol–water partition coefficient (Wildman–Crippen LogP) is -3.41. The van der Waals surface area contributed by atoms with Gasteiger partial charge in [-0.1, -0.05) is 0 Å². The number of aliphatic hydroxyl groups is 2. The van der Waals surface area contributed by atoms with Crippen molar-refractivity contribution in [1.29, 1.82) is 0 Å². The van der Waals surface area contributed by atoms with Crippen LogP contribution in [0.25, 0.3) is 0 Å². The normalized spacial score (nSPS) is 30.6. The lowest BCUT2D eigenvalue weighted by Crippen LogP contribution is -2.33. The fourth-order valence-corrected chi connectivity index (χ4v) is 14.5. The maximum atomic E-state index is 14.0. The summed E-state index contributed by atoms with van der Waals surface area (Å²) in [5, 5.41) is 20.7. The highest BCUT2D eigenvalue weighted by atomic mass is 79.9. The van der Waals surface area contributed by atoms with Gasteiger partial charge in [0.05, 0.1) is 43.6 Å². The Bertz CT molecular complexity index is 4350. The molecule has 0 aromatic carbocycles. The van der Waals surface area contributed by atoms with E-state index in [1.54, 1.807) is 0 Å². The van der Waals surface area contributed by atoms with Crippen LogP contribution in [0, 0.1) is 0 Å². The van der Waals surface area contributed by atoms with Crippen LogP contribution < -0.4 is 56.4 Å². The van der Waals surface area contributed by atoms with E-state index in [1.165, 1.54) is 12.3 Å². The zero-order valence-corrected chi connectivity index (χ0v) is 52.3. The number of rotatable bonds is 26. The molecule has 10 rings (SSSR count). The van der Waals surface area contributed by atoms with E-state index in [4.69, 9.17) is 65.6 Å². The first-order valence-electron chi connectivity index (χ1n) is 27.3. The molecule has 10 heterocycles. The van der Waals surface area contributed by atoms with Crippen molar-refractivity contribution < 1.29 is 108 Å². The van der Waals surface area contributed by atoms with E-state index in [1.807, 2.05) is 19.9 Å². The van der Waals surface area contributed by atoms with Crippen molar-refractivity contribution in [1.82, 2.24) is 47.8 Å². The van der Waals surface area contributed by atoms with Gasteiger partial charge in [-0.3, -0.25) is 98.1 Å². The summed E-state index contributed by atoms with van der Waals surface area (Å²) in [7, 11) is -21.7. The zero-order valence-electron chi connectivity index (χ0n) is 47.2. The molecule has 0 aliphatic carbocycles. The number of halogens is 1. The molecule has 12 N–H and O–H groups in total. The highest BCUT2D eigenvalue weighted by molar-refractivity contribution is 9.10. The van der Waals surface area contributed by atoms with Gasteiger partial charge in [0.1, 0.15) is 91.9 Å². The van der Waals surface area contributed by atoms with Gasteiger partial charge >= 0.3 is 59.7 Å². The molecule has 93 heavy (non-hydrogen) atoms. The number of phosphoric acid groups is 4. The van der Waals surface area contributed by atoms with E-state index in [2.05, 4.69) is 20.9 Å². The van der Waals surface area contributed by atoms with Gasteiger partial charge in [0.15, 0.2) is 0 Å². The summed E-state index contributed by atoms with van der Waals surface area (Å²) >= 11 is 2.98. The van der Waals surface area contributed by atoms with E-state index in [0.717, 1.165) is 65.8 Å². The van der Waals surface area contributed by atoms with E-state index in [9.17, 15) is 91.2 Å². The molecule has 5 aromatic heterocycles. The van der Waals surface area contributed by atoms with Crippen LogP contribution in [0.3, 0.4) is 0 Å². The summed E-state index contributed by atoms with van der Waals surface area (Å²) < 4.78 is 131. The number of anilines is 1. The molecular formula is C45H56BrN11O32P4. The third-order valence-corrected chi connectivity index (χ3v) is 19.3. The number of nitrogens with two attached hydrogens (primary N) is 1. The zero-order chi connectivity index (χ0) is 67.1. The number of nitrogens with zero attached hydrogens (tertiary/aromatic N) is 6. The molecule has 5 aliphatic heterocycles. The molecular weight excluding hydrogens is 1410 g/mol. The molecule has 48 heteroatoms. The van der Waals surface area contributed by atoms with Gasteiger partial charge in [-0.05, 0) is 22.0 Å². The number of aromatic amines is 4. The van der Waals surface area contributed by atoms with Crippen LogP contribution >= 0.6 is 47.2 Å². The third-order valence-electron chi connectivity index (χ3n) is 14.7. The molecule has 5 aliphatic rings. The van der Waals surface area contributed by atoms with Crippen molar-refractivity contribution in [3.05, 3.63) is 154 Å². The molecule has 5 saturated heterocycles. The van der Waals surface area contributed by atoms with Crippen molar-refractivity contribution in [2.45, 2.75) is 124 Å². The highest BCUT2D eigenvalue weighted by Gasteiger charge is 2.50. The Labute approximate surface area is 523 Å². The lowest BCUT2D eigenvalue weighted by Gasteiger charge is -2.25.